The number of carbonyl (C=O) groups excluding carboxylic acids is 1. The Bertz CT molecular complexity index is 820. The highest BCUT2D eigenvalue weighted by atomic mass is 16.2. The van der Waals surface area contributed by atoms with Crippen LogP contribution in [0.15, 0.2) is 32.8 Å². The molecule has 9 heteroatoms. The van der Waals surface area contributed by atoms with Crippen molar-refractivity contribution in [2.24, 2.45) is 0 Å². The van der Waals surface area contributed by atoms with Gasteiger partial charge in [0.1, 0.15) is 5.69 Å². The van der Waals surface area contributed by atoms with Crippen LogP contribution in [-0.2, 0) is 13.0 Å². The summed E-state index contributed by atoms with van der Waals surface area (Å²) < 4.78 is 1.36. The summed E-state index contributed by atoms with van der Waals surface area (Å²) in [5.74, 6) is -0.602. The van der Waals surface area contributed by atoms with Crippen molar-refractivity contribution < 1.29 is 4.79 Å². The lowest BCUT2D eigenvalue weighted by Crippen LogP contribution is -2.34. The fraction of sp³-hybridized carbons (Fsp3) is 0.308. The van der Waals surface area contributed by atoms with E-state index in [-0.39, 0.29) is 24.3 Å². The third-order valence-electron chi connectivity index (χ3n) is 2.94. The molecule has 2 heterocycles. The fourth-order valence-electron chi connectivity index (χ4n) is 1.80. The quantitative estimate of drug-likeness (QED) is 0.626. The molecular formula is C13H15N5O4. The van der Waals surface area contributed by atoms with E-state index in [1.807, 2.05) is 11.9 Å². The normalized spacial score (nSPS) is 10.4. The highest BCUT2D eigenvalue weighted by molar-refractivity contribution is 5.91. The van der Waals surface area contributed by atoms with Gasteiger partial charge in [0.2, 0.25) is 0 Å². The molecule has 0 spiro atoms. The van der Waals surface area contributed by atoms with Crippen molar-refractivity contribution in [2.45, 2.75) is 19.9 Å². The molecule has 3 N–H and O–H groups in total. The van der Waals surface area contributed by atoms with Gasteiger partial charge in [0.25, 0.3) is 17.0 Å². The number of aryl methyl sites for hydroxylation is 1. The van der Waals surface area contributed by atoms with Gasteiger partial charge in [-0.25, -0.2) is 9.78 Å². The number of rotatable bonds is 5. The Kier molecular flexibility index (Phi) is 4.66. The highest BCUT2D eigenvalue weighted by Gasteiger charge is 2.07. The second kappa shape index (κ2) is 6.66. The molecule has 0 fully saturated rings. The van der Waals surface area contributed by atoms with Gasteiger partial charge in [-0.2, -0.15) is 0 Å². The zero-order valence-electron chi connectivity index (χ0n) is 11.9. The van der Waals surface area contributed by atoms with Crippen LogP contribution in [0.25, 0.3) is 0 Å². The van der Waals surface area contributed by atoms with Crippen LogP contribution in [-0.4, -0.2) is 32.0 Å². The topological polar surface area (TPSA) is 130 Å². The van der Waals surface area contributed by atoms with E-state index in [0.29, 0.717) is 12.1 Å². The summed E-state index contributed by atoms with van der Waals surface area (Å²) in [5, 5.41) is 2.51. The third-order valence-corrected chi connectivity index (χ3v) is 2.94. The molecule has 0 aliphatic carbocycles. The lowest BCUT2D eigenvalue weighted by atomic mass is 10.3. The molecule has 0 saturated heterocycles. The summed E-state index contributed by atoms with van der Waals surface area (Å²) in [6.45, 7) is 2.28. The largest absolute Gasteiger partial charge is 0.349 e. The molecule has 116 valence electrons. The first-order valence-electron chi connectivity index (χ1n) is 6.67. The highest BCUT2D eigenvalue weighted by Crippen LogP contribution is 1.90. The van der Waals surface area contributed by atoms with Crippen molar-refractivity contribution in [3.8, 4) is 0 Å². The number of H-pyrrole nitrogens is 2. The van der Waals surface area contributed by atoms with E-state index in [9.17, 15) is 19.2 Å². The molecule has 0 unspecified atom stereocenters. The number of carbonyl (C=O) groups is 1. The van der Waals surface area contributed by atoms with Crippen LogP contribution in [0.3, 0.4) is 0 Å². The maximum absolute atomic E-state index is 11.8. The molecule has 2 aromatic rings. The van der Waals surface area contributed by atoms with E-state index >= 15 is 0 Å². The van der Waals surface area contributed by atoms with Crippen molar-refractivity contribution in [3.05, 3.63) is 61.0 Å². The van der Waals surface area contributed by atoms with Crippen molar-refractivity contribution in [1.82, 2.24) is 24.8 Å². The zero-order valence-corrected chi connectivity index (χ0v) is 11.9. The monoisotopic (exact) mass is 305 g/mol. The van der Waals surface area contributed by atoms with Crippen LogP contribution in [0.4, 0.5) is 0 Å². The minimum atomic E-state index is -0.756. The maximum Gasteiger partial charge on any atom is 0.326 e. The second-order valence-corrected chi connectivity index (χ2v) is 4.52. The first-order chi connectivity index (χ1) is 10.5. The summed E-state index contributed by atoms with van der Waals surface area (Å²) in [6.07, 6.45) is 2.09. The number of nitrogens with zero attached hydrogens (tertiary/aromatic N) is 2. The summed E-state index contributed by atoms with van der Waals surface area (Å²) in [6, 6.07) is 2.43. The van der Waals surface area contributed by atoms with Gasteiger partial charge in [-0.05, 0) is 6.42 Å². The van der Waals surface area contributed by atoms with Gasteiger partial charge in [-0.15, -0.1) is 0 Å². The van der Waals surface area contributed by atoms with Crippen molar-refractivity contribution in [1.29, 1.82) is 0 Å². The van der Waals surface area contributed by atoms with E-state index in [0.717, 1.165) is 6.07 Å². The van der Waals surface area contributed by atoms with Crippen LogP contribution in [0.5, 0.6) is 0 Å². The summed E-state index contributed by atoms with van der Waals surface area (Å²) in [5.41, 5.74) is -1.06. The molecule has 2 rings (SSSR count). The van der Waals surface area contributed by atoms with E-state index in [2.05, 4.69) is 15.3 Å². The molecule has 0 aliphatic heterocycles. The van der Waals surface area contributed by atoms with Crippen LogP contribution < -0.4 is 22.1 Å². The Morgan fingerprint density at radius 2 is 2.05 bits per heavy atom. The Labute approximate surface area is 124 Å². The summed E-state index contributed by atoms with van der Waals surface area (Å²) >= 11 is 0. The summed E-state index contributed by atoms with van der Waals surface area (Å²) in [4.78, 5) is 54.0. The molecule has 2 aromatic heterocycles. The van der Waals surface area contributed by atoms with Gasteiger partial charge < -0.3 is 10.3 Å². The molecule has 0 atom stereocenters. The summed E-state index contributed by atoms with van der Waals surface area (Å²) in [7, 11) is 0. The smallest absolute Gasteiger partial charge is 0.326 e. The first kappa shape index (κ1) is 15.4. The minimum absolute atomic E-state index is 0.138. The molecule has 22 heavy (non-hydrogen) atoms. The molecule has 0 aromatic carbocycles. The maximum atomic E-state index is 11.8. The van der Waals surface area contributed by atoms with E-state index in [4.69, 9.17) is 0 Å². The van der Waals surface area contributed by atoms with Gasteiger partial charge >= 0.3 is 5.69 Å². The number of hydrogen-bond acceptors (Lipinski definition) is 5. The van der Waals surface area contributed by atoms with Crippen molar-refractivity contribution >= 4 is 5.91 Å². The standard InChI is InChI=1S/C13H15N5O4/c1-2-8-5-11(20)18(7-15-8)4-3-14-12(21)9-6-10(19)17-13(22)16-9/h5-7H,2-4H2,1H3,(H,14,21)(H2,16,17,19,22). The average Bonchev–Trinajstić information content (AvgIpc) is 2.47. The van der Waals surface area contributed by atoms with Crippen LogP contribution in [0, 0.1) is 0 Å². The Hall–Kier alpha value is -2.97. The number of aromatic nitrogens is 4. The SMILES string of the molecule is CCc1cc(=O)n(CCNC(=O)c2cc(=O)[nH]c(=O)[nH]2)cn1. The molecular weight excluding hydrogens is 290 g/mol. The van der Waals surface area contributed by atoms with E-state index < -0.39 is 17.2 Å². The molecule has 1 amide bonds. The fourth-order valence-corrected chi connectivity index (χ4v) is 1.80. The van der Waals surface area contributed by atoms with Gasteiger partial charge in [0, 0.05) is 30.9 Å². The molecule has 0 saturated carbocycles. The van der Waals surface area contributed by atoms with E-state index in [1.165, 1.54) is 17.0 Å². The number of amides is 1. The van der Waals surface area contributed by atoms with Gasteiger partial charge in [-0.3, -0.25) is 23.9 Å². The number of hydrogen-bond donors (Lipinski definition) is 3. The molecule has 0 radical (unpaired) electrons. The molecule has 9 nitrogen and oxygen atoms in total. The van der Waals surface area contributed by atoms with Crippen molar-refractivity contribution in [3.63, 3.8) is 0 Å². The number of aromatic amines is 2. The molecule has 0 bridgehead atoms. The first-order valence-corrected chi connectivity index (χ1v) is 6.67. The van der Waals surface area contributed by atoms with E-state index in [1.54, 1.807) is 0 Å². The lowest BCUT2D eigenvalue weighted by Gasteiger charge is -2.07. The Morgan fingerprint density at radius 3 is 2.68 bits per heavy atom. The van der Waals surface area contributed by atoms with Gasteiger partial charge in [0.05, 0.1) is 6.33 Å². The average molecular weight is 305 g/mol. The third kappa shape index (κ3) is 3.78. The van der Waals surface area contributed by atoms with Gasteiger partial charge in [-0.1, -0.05) is 6.92 Å². The Balaban J connectivity index is 1.99. The van der Waals surface area contributed by atoms with Crippen LogP contribution in [0.2, 0.25) is 0 Å². The number of nitrogens with one attached hydrogen (secondary N) is 3. The van der Waals surface area contributed by atoms with Gasteiger partial charge in [0.15, 0.2) is 0 Å². The lowest BCUT2D eigenvalue weighted by molar-refractivity contribution is 0.0946. The second-order valence-electron chi connectivity index (χ2n) is 4.52. The predicted molar refractivity (Wildman–Crippen MR) is 77.9 cm³/mol. The predicted octanol–water partition coefficient (Wildman–Crippen LogP) is -1.39. The minimum Gasteiger partial charge on any atom is -0.349 e. The zero-order chi connectivity index (χ0) is 16.1. The molecule has 0 aliphatic rings. The van der Waals surface area contributed by atoms with Crippen molar-refractivity contribution in [2.75, 3.05) is 6.54 Å². The van der Waals surface area contributed by atoms with Crippen LogP contribution in [0.1, 0.15) is 23.1 Å². The van der Waals surface area contributed by atoms with Crippen LogP contribution >= 0.6 is 0 Å². The Morgan fingerprint density at radius 1 is 1.27 bits per heavy atom.